The van der Waals surface area contributed by atoms with Crippen LogP contribution in [0.1, 0.15) is 43.5 Å². The van der Waals surface area contributed by atoms with Gasteiger partial charge in [-0.2, -0.15) is 0 Å². The number of ether oxygens (including phenoxy) is 2. The maximum absolute atomic E-state index is 13.1. The zero-order valence-corrected chi connectivity index (χ0v) is 16.7. The third kappa shape index (κ3) is 6.64. The van der Waals surface area contributed by atoms with E-state index in [1.807, 2.05) is 12.1 Å². The van der Waals surface area contributed by atoms with Gasteiger partial charge in [0.15, 0.2) is 5.82 Å². The van der Waals surface area contributed by atoms with Crippen LogP contribution in [0.15, 0.2) is 30.6 Å². The molecular formula is C19H26FN3O3S. The summed E-state index contributed by atoms with van der Waals surface area (Å²) in [5, 5.41) is 0. The lowest BCUT2D eigenvalue weighted by Gasteiger charge is -2.18. The first kappa shape index (κ1) is 21.4. The van der Waals surface area contributed by atoms with Gasteiger partial charge in [-0.05, 0) is 12.5 Å². The van der Waals surface area contributed by atoms with Gasteiger partial charge in [0.2, 0.25) is 0 Å². The smallest absolute Gasteiger partial charge is 0.159 e. The first-order valence-electron chi connectivity index (χ1n) is 8.87. The second-order valence-corrected chi connectivity index (χ2v) is 7.42. The van der Waals surface area contributed by atoms with E-state index in [9.17, 15) is 8.94 Å². The van der Waals surface area contributed by atoms with Crippen LogP contribution in [0, 0.1) is 5.82 Å². The molecule has 148 valence electrons. The van der Waals surface area contributed by atoms with Crippen LogP contribution in [0.3, 0.4) is 0 Å². The Morgan fingerprint density at radius 3 is 2.59 bits per heavy atom. The number of halogens is 1. The first-order chi connectivity index (χ1) is 13.1. The summed E-state index contributed by atoms with van der Waals surface area (Å²) in [6, 6.07) is 5.49. The maximum atomic E-state index is 13.1. The van der Waals surface area contributed by atoms with E-state index in [0.717, 1.165) is 37.2 Å². The fraction of sp³-hybridized carbons (Fsp3) is 0.474. The van der Waals surface area contributed by atoms with E-state index in [-0.39, 0.29) is 5.92 Å². The molecule has 2 rings (SSSR count). The van der Waals surface area contributed by atoms with E-state index in [4.69, 9.17) is 9.47 Å². The van der Waals surface area contributed by atoms with Gasteiger partial charge in [0.25, 0.3) is 0 Å². The molecule has 2 aromatic rings. The van der Waals surface area contributed by atoms with Crippen molar-refractivity contribution in [3.8, 4) is 11.5 Å². The molecular weight excluding hydrogens is 369 g/mol. The summed E-state index contributed by atoms with van der Waals surface area (Å²) in [6.07, 6.45) is 5.09. The molecule has 0 aliphatic carbocycles. The highest BCUT2D eigenvalue weighted by atomic mass is 32.2. The Morgan fingerprint density at radius 2 is 1.96 bits per heavy atom. The zero-order chi connectivity index (χ0) is 19.6. The third-order valence-electron chi connectivity index (χ3n) is 4.18. The van der Waals surface area contributed by atoms with Crippen molar-refractivity contribution in [2.75, 3.05) is 20.0 Å². The number of methoxy groups -OCH3 is 2. The van der Waals surface area contributed by atoms with Crippen LogP contribution in [0.4, 0.5) is 4.39 Å². The summed E-state index contributed by atoms with van der Waals surface area (Å²) in [7, 11) is 3.18. The quantitative estimate of drug-likeness (QED) is 0.588. The van der Waals surface area contributed by atoms with Gasteiger partial charge in [0.05, 0.1) is 39.1 Å². The molecule has 1 N–H and O–H groups in total. The Balaban J connectivity index is 1.98. The molecule has 0 aliphatic rings. The van der Waals surface area contributed by atoms with Gasteiger partial charge in [-0.1, -0.05) is 25.8 Å². The van der Waals surface area contributed by atoms with E-state index in [1.165, 1.54) is 0 Å². The number of aromatic nitrogens is 2. The Hall–Kier alpha value is -1.90. The molecule has 0 fully saturated rings. The van der Waals surface area contributed by atoms with Crippen molar-refractivity contribution in [2.24, 2.45) is 0 Å². The van der Waals surface area contributed by atoms with Crippen LogP contribution in [0.25, 0.3) is 0 Å². The minimum absolute atomic E-state index is 0.0864. The largest absolute Gasteiger partial charge is 0.598 e. The van der Waals surface area contributed by atoms with Crippen molar-refractivity contribution < 1.29 is 18.4 Å². The molecule has 0 amide bonds. The molecule has 0 spiro atoms. The Kier molecular flexibility index (Phi) is 8.77. The minimum atomic E-state index is -1.29. The van der Waals surface area contributed by atoms with E-state index in [2.05, 4.69) is 21.6 Å². The van der Waals surface area contributed by atoms with E-state index in [0.29, 0.717) is 29.6 Å². The van der Waals surface area contributed by atoms with Crippen molar-refractivity contribution in [1.29, 1.82) is 0 Å². The topological polar surface area (TPSA) is 79.3 Å². The summed E-state index contributed by atoms with van der Waals surface area (Å²) < 4.78 is 39.2. The van der Waals surface area contributed by atoms with E-state index < -0.39 is 17.2 Å². The SMILES string of the molecule is CCCCC(C[S+]([O-])NCc1ccc(OC)cc1OC)c1ncc(F)cn1. The molecule has 0 bridgehead atoms. The van der Waals surface area contributed by atoms with Gasteiger partial charge in [-0.3, -0.25) is 0 Å². The molecule has 2 atom stereocenters. The minimum Gasteiger partial charge on any atom is -0.598 e. The van der Waals surface area contributed by atoms with Crippen LogP contribution >= 0.6 is 0 Å². The molecule has 0 saturated carbocycles. The Bertz CT molecular complexity index is 703. The average molecular weight is 396 g/mol. The summed E-state index contributed by atoms with van der Waals surface area (Å²) >= 11 is -1.29. The number of rotatable bonds is 11. The highest BCUT2D eigenvalue weighted by Crippen LogP contribution is 2.25. The first-order valence-corrected chi connectivity index (χ1v) is 10.2. The predicted octanol–water partition coefficient (Wildman–Crippen LogP) is 3.36. The Labute approximate surface area is 162 Å². The van der Waals surface area contributed by atoms with Gasteiger partial charge in [-0.25, -0.2) is 14.4 Å². The second kappa shape index (κ2) is 11.1. The molecule has 27 heavy (non-hydrogen) atoms. The molecule has 1 aromatic carbocycles. The standard InChI is InChI=1S/C19H26FN3O3S/c1-4-5-6-15(19-21-11-16(20)12-22-19)13-27(24)23-10-14-7-8-17(25-2)9-18(14)26-3/h7-9,11-12,15,23H,4-6,10,13H2,1-3H3. The zero-order valence-electron chi connectivity index (χ0n) is 15.9. The Morgan fingerprint density at radius 1 is 1.22 bits per heavy atom. The highest BCUT2D eigenvalue weighted by molar-refractivity contribution is 7.89. The second-order valence-electron chi connectivity index (χ2n) is 6.11. The average Bonchev–Trinajstić information content (AvgIpc) is 2.70. The number of nitrogens with zero attached hydrogens (tertiary/aromatic N) is 2. The summed E-state index contributed by atoms with van der Waals surface area (Å²) in [5.74, 6) is 1.70. The normalized spacial score (nSPS) is 13.2. The van der Waals surface area contributed by atoms with Crippen molar-refractivity contribution >= 4 is 11.4 Å². The van der Waals surface area contributed by atoms with Crippen LogP contribution in [0.2, 0.25) is 0 Å². The summed E-state index contributed by atoms with van der Waals surface area (Å²) in [6.45, 7) is 2.48. The lowest BCUT2D eigenvalue weighted by molar-refractivity contribution is 0.390. The van der Waals surface area contributed by atoms with Gasteiger partial charge in [-0.15, -0.1) is 4.72 Å². The number of benzene rings is 1. The molecule has 8 heteroatoms. The molecule has 1 heterocycles. The van der Waals surface area contributed by atoms with Gasteiger partial charge in [0, 0.05) is 23.0 Å². The van der Waals surface area contributed by atoms with Crippen molar-refractivity contribution in [3.05, 3.63) is 47.8 Å². The summed E-state index contributed by atoms with van der Waals surface area (Å²) in [4.78, 5) is 8.13. The highest BCUT2D eigenvalue weighted by Gasteiger charge is 2.22. The number of hydrogen-bond donors (Lipinski definition) is 1. The molecule has 0 aliphatic heterocycles. The van der Waals surface area contributed by atoms with E-state index >= 15 is 0 Å². The van der Waals surface area contributed by atoms with Crippen LogP contribution in [0.5, 0.6) is 11.5 Å². The molecule has 2 unspecified atom stereocenters. The van der Waals surface area contributed by atoms with Crippen molar-refractivity contribution in [2.45, 2.75) is 38.6 Å². The summed E-state index contributed by atoms with van der Waals surface area (Å²) in [5.41, 5.74) is 0.884. The molecule has 1 aromatic heterocycles. The lowest BCUT2D eigenvalue weighted by Crippen LogP contribution is -2.29. The van der Waals surface area contributed by atoms with E-state index in [1.54, 1.807) is 20.3 Å². The fourth-order valence-corrected chi connectivity index (χ4v) is 3.78. The predicted molar refractivity (Wildman–Crippen MR) is 104 cm³/mol. The van der Waals surface area contributed by atoms with Gasteiger partial charge >= 0.3 is 0 Å². The maximum Gasteiger partial charge on any atom is 0.159 e. The van der Waals surface area contributed by atoms with Gasteiger partial charge in [0.1, 0.15) is 23.1 Å². The molecule has 0 radical (unpaired) electrons. The fourth-order valence-electron chi connectivity index (χ4n) is 2.67. The van der Waals surface area contributed by atoms with Crippen LogP contribution in [-0.2, 0) is 17.9 Å². The van der Waals surface area contributed by atoms with Crippen molar-refractivity contribution in [3.63, 3.8) is 0 Å². The van der Waals surface area contributed by atoms with Crippen molar-refractivity contribution in [1.82, 2.24) is 14.7 Å². The monoisotopic (exact) mass is 395 g/mol. The molecule has 6 nitrogen and oxygen atoms in total. The van der Waals surface area contributed by atoms with Crippen LogP contribution < -0.4 is 14.2 Å². The number of hydrogen-bond acceptors (Lipinski definition) is 6. The molecule has 0 saturated heterocycles. The third-order valence-corrected chi connectivity index (χ3v) is 5.35. The van der Waals surface area contributed by atoms with Gasteiger partial charge < -0.3 is 14.0 Å². The van der Waals surface area contributed by atoms with Crippen LogP contribution in [-0.4, -0.2) is 34.5 Å². The number of unbranched alkanes of at least 4 members (excludes halogenated alkanes) is 1. The lowest BCUT2D eigenvalue weighted by atomic mass is 10.0. The number of nitrogens with one attached hydrogen (secondary N) is 1.